The number of fused-ring (bicyclic) bond motifs is 1. The quantitative estimate of drug-likeness (QED) is 0.0850. The largest absolute Gasteiger partial charge is 0.508 e. The highest BCUT2D eigenvalue weighted by atomic mass is 16.8. The first-order valence-corrected chi connectivity index (χ1v) is 18.8. The van der Waals surface area contributed by atoms with E-state index < -0.39 is 176 Å². The van der Waals surface area contributed by atoms with E-state index in [0.717, 1.165) is 24.3 Å². The van der Waals surface area contributed by atoms with E-state index >= 15 is 0 Å². The van der Waals surface area contributed by atoms with Crippen molar-refractivity contribution in [2.24, 2.45) is 0 Å². The molecule has 0 spiro atoms. The molecule has 14 N–H and O–H groups in total. The summed E-state index contributed by atoms with van der Waals surface area (Å²) in [5.74, 6) is -3.77. The topological polar surface area (TPSA) is 387 Å². The van der Waals surface area contributed by atoms with Gasteiger partial charge in [0.15, 0.2) is 42.2 Å². The summed E-state index contributed by atoms with van der Waals surface area (Å²) >= 11 is 0. The van der Waals surface area contributed by atoms with Gasteiger partial charge in [-0.3, -0.25) is 4.79 Å². The number of phenols is 4. The summed E-state index contributed by atoms with van der Waals surface area (Å²) < 4.78 is 51.6. The van der Waals surface area contributed by atoms with Crippen LogP contribution in [0.3, 0.4) is 0 Å². The summed E-state index contributed by atoms with van der Waals surface area (Å²) in [6.45, 7) is -0.303. The Morgan fingerprint density at radius 2 is 1.25 bits per heavy atom. The van der Waals surface area contributed by atoms with Crippen molar-refractivity contribution in [2.45, 2.75) is 118 Å². The van der Waals surface area contributed by atoms with Crippen molar-refractivity contribution in [1.29, 1.82) is 0 Å². The first-order valence-electron chi connectivity index (χ1n) is 18.8. The van der Waals surface area contributed by atoms with E-state index in [1.807, 2.05) is 0 Å². The summed E-state index contributed by atoms with van der Waals surface area (Å²) in [4.78, 5) is 14.2. The highest BCUT2D eigenvalue weighted by molar-refractivity contribution is 5.88. The van der Waals surface area contributed by atoms with Gasteiger partial charge in [0, 0.05) is 17.7 Å². The maximum absolute atomic E-state index is 14.2. The van der Waals surface area contributed by atoms with Gasteiger partial charge in [-0.15, -0.1) is 0 Å². The van der Waals surface area contributed by atoms with Crippen molar-refractivity contribution in [2.75, 3.05) is 19.8 Å². The van der Waals surface area contributed by atoms with E-state index in [9.17, 15) is 76.3 Å². The van der Waals surface area contributed by atoms with Crippen LogP contribution in [0.4, 0.5) is 0 Å². The standard InChI is InChI=1S/C37H46O24/c1-10-30(59-35-27(50)22(45)17(43)8-54-35)29(52)33(61-36-28(51)25(48)23(46)19(58-36)9-55-34-26(49)21(44)16(42)7-53-34)37(56-10)60-32-24(47)20-15(41)5-12(38)6-18(20)57-31(32)11-2-3-13(39)14(40)4-11/h2-6,10,16-17,19,21-23,25-30,33-46,48-52H,7-9H2,1H3/t10?,16-,17-,19?,21+,22+,23-,25+,26?,27?,28?,29?,30+,33+,34+,35+,36+,37+/m1/s1. The lowest BCUT2D eigenvalue weighted by Gasteiger charge is -2.47. The van der Waals surface area contributed by atoms with Crippen LogP contribution in [0.15, 0.2) is 39.5 Å². The van der Waals surface area contributed by atoms with Gasteiger partial charge < -0.3 is 114 Å². The Morgan fingerprint density at radius 1 is 0.623 bits per heavy atom. The minimum absolute atomic E-state index is 0.112. The van der Waals surface area contributed by atoms with Gasteiger partial charge in [0.25, 0.3) is 0 Å². The van der Waals surface area contributed by atoms with Crippen LogP contribution in [0.25, 0.3) is 22.3 Å². The second-order valence-electron chi connectivity index (χ2n) is 15.0. The number of aliphatic hydroxyl groups excluding tert-OH is 10. The van der Waals surface area contributed by atoms with Crippen LogP contribution < -0.4 is 10.2 Å². The Bertz CT molecular complexity index is 2060. The molecule has 61 heavy (non-hydrogen) atoms. The van der Waals surface area contributed by atoms with Crippen LogP contribution in [0.5, 0.6) is 28.7 Å². The van der Waals surface area contributed by atoms with E-state index in [4.69, 9.17) is 42.3 Å². The van der Waals surface area contributed by atoms with Crippen LogP contribution in [0, 0.1) is 0 Å². The molecule has 4 aliphatic heterocycles. The van der Waals surface area contributed by atoms with Crippen LogP contribution in [-0.2, 0) is 33.2 Å². The molecule has 4 aliphatic rings. The average molecular weight is 875 g/mol. The van der Waals surface area contributed by atoms with Gasteiger partial charge in [-0.2, -0.15) is 0 Å². The molecule has 4 fully saturated rings. The van der Waals surface area contributed by atoms with E-state index in [1.165, 1.54) is 13.0 Å². The van der Waals surface area contributed by atoms with Gasteiger partial charge in [0.1, 0.15) is 95.7 Å². The minimum atomic E-state index is -2.11. The molecule has 0 amide bonds. The molecule has 3 aromatic rings. The lowest BCUT2D eigenvalue weighted by molar-refractivity contribution is -0.374. The van der Waals surface area contributed by atoms with Crippen molar-refractivity contribution >= 4 is 11.0 Å². The van der Waals surface area contributed by atoms with E-state index in [2.05, 4.69) is 0 Å². The Morgan fingerprint density at radius 3 is 1.92 bits per heavy atom. The Balaban J connectivity index is 1.24. The number of phenolic OH excluding ortho intramolecular Hbond substituents is 4. The van der Waals surface area contributed by atoms with Crippen molar-refractivity contribution in [1.82, 2.24) is 0 Å². The lowest BCUT2D eigenvalue weighted by atomic mass is 9.97. The number of aliphatic hydroxyl groups is 10. The van der Waals surface area contributed by atoms with E-state index in [0.29, 0.717) is 0 Å². The number of rotatable bonds is 10. The molecule has 5 heterocycles. The molecule has 18 atom stereocenters. The van der Waals surface area contributed by atoms with Crippen LogP contribution in [-0.4, -0.2) is 202 Å². The molecule has 338 valence electrons. The number of benzene rings is 2. The normalized spacial score (nSPS) is 39.6. The lowest BCUT2D eigenvalue weighted by Crippen LogP contribution is -2.66. The first-order chi connectivity index (χ1) is 28.9. The zero-order valence-electron chi connectivity index (χ0n) is 31.7. The summed E-state index contributed by atoms with van der Waals surface area (Å²) in [7, 11) is 0. The first kappa shape index (κ1) is 45.0. The fourth-order valence-electron chi connectivity index (χ4n) is 7.26. The zero-order valence-corrected chi connectivity index (χ0v) is 31.7. The number of hydrogen-bond donors (Lipinski definition) is 14. The van der Waals surface area contributed by atoms with Gasteiger partial charge in [0.05, 0.1) is 25.9 Å². The maximum Gasteiger partial charge on any atom is 0.239 e. The van der Waals surface area contributed by atoms with Gasteiger partial charge >= 0.3 is 0 Å². The number of hydrogen-bond acceptors (Lipinski definition) is 24. The second kappa shape index (κ2) is 18.0. The fourth-order valence-corrected chi connectivity index (χ4v) is 7.26. The molecular weight excluding hydrogens is 828 g/mol. The van der Waals surface area contributed by atoms with Gasteiger partial charge in [-0.1, -0.05) is 0 Å². The molecule has 0 radical (unpaired) electrons. The monoisotopic (exact) mass is 874 g/mol. The molecule has 7 rings (SSSR count). The summed E-state index contributed by atoms with van der Waals surface area (Å²) in [5.41, 5.74) is -1.59. The molecular formula is C37H46O24. The molecule has 1 aromatic heterocycles. The highest BCUT2D eigenvalue weighted by Crippen LogP contribution is 2.41. The molecule has 2 aromatic carbocycles. The van der Waals surface area contributed by atoms with E-state index in [-0.39, 0.29) is 11.1 Å². The zero-order chi connectivity index (χ0) is 44.2. The summed E-state index contributed by atoms with van der Waals surface area (Å²) in [6.07, 6.45) is -31.8. The molecule has 0 aliphatic carbocycles. The molecule has 24 heteroatoms. The molecule has 4 saturated heterocycles. The average Bonchev–Trinajstić information content (AvgIpc) is 3.21. The summed E-state index contributed by atoms with van der Waals surface area (Å²) in [6, 6.07) is 5.05. The SMILES string of the molecule is CC1O[C@@H](Oc2c(-c3ccc(O)c(O)c3)oc3cc(O)cc(O)c3c2=O)[C@@H](O[C@@H]2OC(CO[C@@H]3OC[C@@H](O)[C@H](O)C3O)[C@@H](O)[C@H](O)C2O)C(O)[C@H]1O[C@@H]1OC[C@@H](O)[C@H](O)C1O. The van der Waals surface area contributed by atoms with Crippen molar-refractivity contribution in [3.8, 4) is 40.1 Å². The molecule has 24 nitrogen and oxygen atoms in total. The Hall–Kier alpha value is -4.03. The second-order valence-corrected chi connectivity index (χ2v) is 15.0. The summed E-state index contributed by atoms with van der Waals surface area (Å²) in [5, 5.41) is 146. The third kappa shape index (κ3) is 8.82. The van der Waals surface area contributed by atoms with Crippen molar-refractivity contribution in [3.63, 3.8) is 0 Å². The van der Waals surface area contributed by atoms with Gasteiger partial charge in [0.2, 0.25) is 17.5 Å². The third-order valence-electron chi connectivity index (χ3n) is 10.7. The fraction of sp³-hybridized carbons (Fsp3) is 0.595. The van der Waals surface area contributed by atoms with Gasteiger partial charge in [-0.25, -0.2) is 0 Å². The predicted molar refractivity (Wildman–Crippen MR) is 193 cm³/mol. The Labute approximate surface area is 342 Å². The van der Waals surface area contributed by atoms with Crippen molar-refractivity contribution in [3.05, 3.63) is 40.6 Å². The predicted octanol–water partition coefficient (Wildman–Crippen LogP) is -4.76. The van der Waals surface area contributed by atoms with Crippen LogP contribution in [0.1, 0.15) is 6.92 Å². The molecule has 6 unspecified atom stereocenters. The highest BCUT2D eigenvalue weighted by Gasteiger charge is 2.54. The van der Waals surface area contributed by atoms with Crippen LogP contribution in [0.2, 0.25) is 0 Å². The van der Waals surface area contributed by atoms with Crippen molar-refractivity contribution < 1.29 is 114 Å². The van der Waals surface area contributed by atoms with E-state index in [1.54, 1.807) is 0 Å². The molecule has 0 bridgehead atoms. The molecule has 0 saturated carbocycles. The smallest absolute Gasteiger partial charge is 0.239 e. The maximum atomic E-state index is 14.2. The number of aromatic hydroxyl groups is 4. The van der Waals surface area contributed by atoms with Gasteiger partial charge in [-0.05, 0) is 25.1 Å². The Kier molecular flexibility index (Phi) is 13.3. The minimum Gasteiger partial charge on any atom is -0.508 e. The number of ether oxygens (including phenoxy) is 8. The third-order valence-corrected chi connectivity index (χ3v) is 10.7. The van der Waals surface area contributed by atoms with Crippen LogP contribution >= 0.6 is 0 Å².